The van der Waals surface area contributed by atoms with Crippen LogP contribution in [0.5, 0.6) is 11.6 Å². The molecule has 3 aromatic rings. The van der Waals surface area contributed by atoms with Gasteiger partial charge in [-0.05, 0) is 48.2 Å². The molecule has 0 bridgehead atoms. The second kappa shape index (κ2) is 9.23. The van der Waals surface area contributed by atoms with Gasteiger partial charge in [0.1, 0.15) is 17.9 Å². The highest BCUT2D eigenvalue weighted by Crippen LogP contribution is 2.32. The molecule has 5 rings (SSSR count). The first-order valence-electron chi connectivity index (χ1n) is 11.3. The third kappa shape index (κ3) is 4.85. The number of benzene rings is 2. The van der Waals surface area contributed by atoms with Gasteiger partial charge in [0.25, 0.3) is 0 Å². The number of alkyl halides is 3. The Morgan fingerprint density at radius 1 is 0.971 bits per heavy atom. The van der Waals surface area contributed by atoms with Crippen LogP contribution < -0.4 is 9.64 Å². The number of aromatic nitrogens is 2. The lowest BCUT2D eigenvalue weighted by Crippen LogP contribution is -2.55. The van der Waals surface area contributed by atoms with Gasteiger partial charge in [-0.3, -0.25) is 4.90 Å². The van der Waals surface area contributed by atoms with Crippen LogP contribution in [0.15, 0.2) is 60.9 Å². The molecular formula is C25H25F3N4O2. The van der Waals surface area contributed by atoms with E-state index >= 15 is 0 Å². The maximum atomic E-state index is 12.8. The van der Waals surface area contributed by atoms with Crippen molar-refractivity contribution >= 4 is 5.82 Å². The molecule has 1 N–H and O–H groups in total. The van der Waals surface area contributed by atoms with Gasteiger partial charge in [0.05, 0.1) is 11.7 Å². The van der Waals surface area contributed by atoms with E-state index in [1.165, 1.54) is 29.6 Å². The summed E-state index contributed by atoms with van der Waals surface area (Å²) >= 11 is 0. The lowest BCUT2D eigenvalue weighted by atomic mass is 9.94. The van der Waals surface area contributed by atoms with Crippen molar-refractivity contribution < 1.29 is 23.0 Å². The number of ether oxygens (including phenoxy) is 1. The van der Waals surface area contributed by atoms with Gasteiger partial charge < -0.3 is 14.7 Å². The third-order valence-corrected chi connectivity index (χ3v) is 6.53. The highest BCUT2D eigenvalue weighted by atomic mass is 19.4. The largest absolute Gasteiger partial charge is 0.439 e. The fourth-order valence-corrected chi connectivity index (χ4v) is 4.75. The molecule has 2 atom stereocenters. The van der Waals surface area contributed by atoms with E-state index in [0.717, 1.165) is 44.6 Å². The van der Waals surface area contributed by atoms with Gasteiger partial charge in [-0.15, -0.1) is 0 Å². The number of hydrogen-bond donors (Lipinski definition) is 1. The topological polar surface area (TPSA) is 61.7 Å². The van der Waals surface area contributed by atoms with E-state index < -0.39 is 17.8 Å². The molecular weight excluding hydrogens is 445 g/mol. The van der Waals surface area contributed by atoms with Crippen LogP contribution in [0.4, 0.5) is 19.0 Å². The van der Waals surface area contributed by atoms with Crippen molar-refractivity contribution in [1.82, 2.24) is 14.9 Å². The molecule has 0 saturated carbocycles. The van der Waals surface area contributed by atoms with Crippen LogP contribution in [-0.4, -0.2) is 51.8 Å². The van der Waals surface area contributed by atoms with Crippen molar-refractivity contribution in [1.29, 1.82) is 0 Å². The van der Waals surface area contributed by atoms with E-state index in [4.69, 9.17) is 4.74 Å². The summed E-state index contributed by atoms with van der Waals surface area (Å²) in [6, 6.07) is 14.6. The minimum atomic E-state index is -4.40. The Morgan fingerprint density at radius 3 is 2.47 bits per heavy atom. The minimum absolute atomic E-state index is 0.0781. The highest BCUT2D eigenvalue weighted by molar-refractivity contribution is 5.43. The molecule has 9 heteroatoms. The van der Waals surface area contributed by atoms with Gasteiger partial charge in [-0.1, -0.05) is 24.3 Å². The molecule has 34 heavy (non-hydrogen) atoms. The van der Waals surface area contributed by atoms with E-state index in [1.807, 2.05) is 4.90 Å². The summed E-state index contributed by atoms with van der Waals surface area (Å²) in [4.78, 5) is 12.7. The van der Waals surface area contributed by atoms with Gasteiger partial charge in [0, 0.05) is 38.3 Å². The number of aliphatic hydroxyl groups excluding tert-OH is 1. The number of β-amino-alcohol motifs (C(OH)–C–C–N with tert-alkyl or cyclic N) is 1. The minimum Gasteiger partial charge on any atom is -0.439 e. The Balaban J connectivity index is 1.22. The zero-order chi connectivity index (χ0) is 23.7. The van der Waals surface area contributed by atoms with Crippen LogP contribution in [0.3, 0.4) is 0 Å². The first-order valence-corrected chi connectivity index (χ1v) is 11.3. The highest BCUT2D eigenvalue weighted by Gasteiger charge is 2.34. The van der Waals surface area contributed by atoms with Crippen molar-refractivity contribution in [2.45, 2.75) is 37.7 Å². The Labute approximate surface area is 195 Å². The monoisotopic (exact) mass is 470 g/mol. The zero-order valence-electron chi connectivity index (χ0n) is 18.4. The van der Waals surface area contributed by atoms with Crippen molar-refractivity contribution in [3.8, 4) is 11.6 Å². The quantitative estimate of drug-likeness (QED) is 0.614. The molecule has 1 saturated heterocycles. The van der Waals surface area contributed by atoms with Crippen molar-refractivity contribution in [2.24, 2.45) is 0 Å². The summed E-state index contributed by atoms with van der Waals surface area (Å²) < 4.78 is 43.9. The second-order valence-electron chi connectivity index (χ2n) is 8.70. The van der Waals surface area contributed by atoms with Crippen molar-refractivity contribution in [2.75, 3.05) is 24.5 Å². The summed E-state index contributed by atoms with van der Waals surface area (Å²) in [5.41, 5.74) is 1.97. The SMILES string of the molecule is O[C@H]1CN(c2cc(Oc3ccc(C(F)(F)F)cc3)ncn2)CCC1N1CCc2ccccc2C1. The molecule has 1 aromatic heterocycles. The lowest BCUT2D eigenvalue weighted by molar-refractivity contribution is -0.137. The number of fused-ring (bicyclic) bond motifs is 1. The van der Waals surface area contributed by atoms with Gasteiger partial charge in [-0.25, -0.2) is 9.97 Å². The van der Waals surface area contributed by atoms with Crippen LogP contribution in [0, 0.1) is 0 Å². The van der Waals surface area contributed by atoms with Gasteiger partial charge >= 0.3 is 6.18 Å². The lowest BCUT2D eigenvalue weighted by Gasteiger charge is -2.43. The molecule has 2 aromatic carbocycles. The average molecular weight is 470 g/mol. The van der Waals surface area contributed by atoms with Gasteiger partial charge in [-0.2, -0.15) is 13.2 Å². The second-order valence-corrected chi connectivity index (χ2v) is 8.70. The molecule has 0 spiro atoms. The van der Waals surface area contributed by atoms with Crippen LogP contribution in [-0.2, 0) is 19.1 Å². The summed E-state index contributed by atoms with van der Waals surface area (Å²) in [6.07, 6.45) is -1.80. The van der Waals surface area contributed by atoms with E-state index in [9.17, 15) is 18.3 Å². The summed E-state index contributed by atoms with van der Waals surface area (Å²) in [5.74, 6) is 1.09. The number of nitrogens with zero attached hydrogens (tertiary/aromatic N) is 4. The molecule has 1 fully saturated rings. The van der Waals surface area contributed by atoms with E-state index in [1.54, 1.807) is 6.07 Å². The third-order valence-electron chi connectivity index (χ3n) is 6.53. The summed E-state index contributed by atoms with van der Waals surface area (Å²) in [6.45, 7) is 2.92. The first-order chi connectivity index (χ1) is 16.4. The predicted octanol–water partition coefficient (Wildman–Crippen LogP) is 4.29. The predicted molar refractivity (Wildman–Crippen MR) is 121 cm³/mol. The molecule has 1 unspecified atom stereocenters. The molecule has 0 radical (unpaired) electrons. The van der Waals surface area contributed by atoms with Crippen LogP contribution in [0.25, 0.3) is 0 Å². The fourth-order valence-electron chi connectivity index (χ4n) is 4.75. The number of anilines is 1. The van der Waals surface area contributed by atoms with E-state index in [0.29, 0.717) is 12.4 Å². The number of rotatable bonds is 4. The van der Waals surface area contributed by atoms with Crippen LogP contribution in [0.2, 0.25) is 0 Å². The number of halogens is 3. The van der Waals surface area contributed by atoms with Gasteiger partial charge in [0.15, 0.2) is 0 Å². The molecule has 6 nitrogen and oxygen atoms in total. The fraction of sp³-hybridized carbons (Fsp3) is 0.360. The Hall–Kier alpha value is -3.17. The molecule has 178 valence electrons. The summed E-state index contributed by atoms with van der Waals surface area (Å²) in [5, 5.41) is 10.9. The maximum Gasteiger partial charge on any atom is 0.416 e. The summed E-state index contributed by atoms with van der Waals surface area (Å²) in [7, 11) is 0. The van der Waals surface area contributed by atoms with Crippen LogP contribution >= 0.6 is 0 Å². The number of piperidine rings is 1. The molecule has 0 amide bonds. The zero-order valence-corrected chi connectivity index (χ0v) is 18.4. The number of hydrogen-bond acceptors (Lipinski definition) is 6. The van der Waals surface area contributed by atoms with Crippen LogP contribution in [0.1, 0.15) is 23.1 Å². The molecule has 3 heterocycles. The van der Waals surface area contributed by atoms with Crippen molar-refractivity contribution in [3.05, 3.63) is 77.6 Å². The molecule has 2 aliphatic rings. The number of aliphatic hydroxyl groups is 1. The Morgan fingerprint density at radius 2 is 1.74 bits per heavy atom. The smallest absolute Gasteiger partial charge is 0.416 e. The van der Waals surface area contributed by atoms with E-state index in [2.05, 4.69) is 39.1 Å². The van der Waals surface area contributed by atoms with Gasteiger partial charge in [0.2, 0.25) is 5.88 Å². The first kappa shape index (κ1) is 22.6. The normalized spacial score (nSPS) is 21.2. The maximum absolute atomic E-state index is 12.8. The Bertz CT molecular complexity index is 1140. The van der Waals surface area contributed by atoms with Crippen molar-refractivity contribution in [3.63, 3.8) is 0 Å². The molecule has 0 aliphatic carbocycles. The van der Waals surface area contributed by atoms with E-state index in [-0.39, 0.29) is 17.7 Å². The Kier molecular flexibility index (Phi) is 6.14. The molecule has 2 aliphatic heterocycles. The standard InChI is InChI=1S/C25H25F3N4O2/c26-25(27,28)19-5-7-20(8-6-19)34-24-13-23(29-16-30-24)32-12-10-21(22(33)15-32)31-11-9-17-3-1-2-4-18(17)14-31/h1-8,13,16,21-22,33H,9-12,14-15H2/t21?,22-/m0/s1. The average Bonchev–Trinajstić information content (AvgIpc) is 2.84.